The van der Waals surface area contributed by atoms with Crippen LogP contribution < -0.4 is 16.0 Å². The van der Waals surface area contributed by atoms with Crippen molar-refractivity contribution in [3.05, 3.63) is 45.7 Å². The molecule has 0 fully saturated rings. The van der Waals surface area contributed by atoms with Crippen molar-refractivity contribution in [2.45, 2.75) is 6.54 Å². The molecular formula is C13H14ClN3O2. The first-order chi connectivity index (χ1) is 9.15. The third kappa shape index (κ3) is 2.94. The molecule has 0 aliphatic heterocycles. The summed E-state index contributed by atoms with van der Waals surface area (Å²) in [5, 5.41) is 4.75. The van der Waals surface area contributed by atoms with Crippen LogP contribution in [0, 0.1) is 0 Å². The third-order valence-electron chi connectivity index (χ3n) is 2.66. The van der Waals surface area contributed by atoms with Gasteiger partial charge in [0, 0.05) is 18.2 Å². The summed E-state index contributed by atoms with van der Waals surface area (Å²) in [6.07, 6.45) is 0. The van der Waals surface area contributed by atoms with Gasteiger partial charge in [0.05, 0.1) is 24.4 Å². The van der Waals surface area contributed by atoms with E-state index in [1.165, 1.54) is 10.7 Å². The van der Waals surface area contributed by atoms with Crippen molar-refractivity contribution in [2.75, 3.05) is 13.7 Å². The molecule has 0 aliphatic rings. The van der Waals surface area contributed by atoms with Crippen LogP contribution in [0.15, 0.2) is 35.1 Å². The highest BCUT2D eigenvalue weighted by molar-refractivity contribution is 6.32. The fourth-order valence-corrected chi connectivity index (χ4v) is 1.97. The quantitative estimate of drug-likeness (QED) is 0.921. The van der Waals surface area contributed by atoms with Crippen LogP contribution in [0.25, 0.3) is 11.3 Å². The molecule has 19 heavy (non-hydrogen) atoms. The van der Waals surface area contributed by atoms with Crippen LogP contribution in [0.1, 0.15) is 0 Å². The van der Waals surface area contributed by atoms with Crippen molar-refractivity contribution in [3.8, 4) is 17.0 Å². The van der Waals surface area contributed by atoms with Crippen LogP contribution >= 0.6 is 11.6 Å². The predicted molar refractivity (Wildman–Crippen MR) is 74.5 cm³/mol. The molecule has 0 saturated heterocycles. The maximum atomic E-state index is 11.6. The van der Waals surface area contributed by atoms with Gasteiger partial charge in [-0.15, -0.1) is 0 Å². The minimum Gasteiger partial charge on any atom is -0.495 e. The minimum absolute atomic E-state index is 0.172. The molecule has 5 nitrogen and oxygen atoms in total. The van der Waals surface area contributed by atoms with E-state index in [1.54, 1.807) is 25.3 Å². The lowest BCUT2D eigenvalue weighted by Crippen LogP contribution is -2.25. The molecule has 0 bridgehead atoms. The summed E-state index contributed by atoms with van der Waals surface area (Å²) in [7, 11) is 1.56. The highest BCUT2D eigenvalue weighted by atomic mass is 35.5. The average Bonchev–Trinajstić information content (AvgIpc) is 2.41. The number of halogens is 1. The summed E-state index contributed by atoms with van der Waals surface area (Å²) in [5.74, 6) is 0.598. The van der Waals surface area contributed by atoms with Gasteiger partial charge in [-0.2, -0.15) is 5.10 Å². The summed E-state index contributed by atoms with van der Waals surface area (Å²) in [5.41, 5.74) is 6.75. The van der Waals surface area contributed by atoms with E-state index >= 15 is 0 Å². The van der Waals surface area contributed by atoms with E-state index in [-0.39, 0.29) is 5.56 Å². The number of benzene rings is 1. The normalized spacial score (nSPS) is 10.5. The molecule has 0 aliphatic carbocycles. The zero-order valence-electron chi connectivity index (χ0n) is 10.5. The molecule has 1 heterocycles. The molecule has 1 aromatic carbocycles. The van der Waals surface area contributed by atoms with Gasteiger partial charge in [-0.05, 0) is 24.3 Å². The Balaban J connectivity index is 2.44. The van der Waals surface area contributed by atoms with Gasteiger partial charge in [-0.3, -0.25) is 4.79 Å². The van der Waals surface area contributed by atoms with E-state index < -0.39 is 0 Å². The van der Waals surface area contributed by atoms with Crippen LogP contribution in [0.4, 0.5) is 0 Å². The van der Waals surface area contributed by atoms with Crippen LogP contribution in [0.2, 0.25) is 5.02 Å². The van der Waals surface area contributed by atoms with E-state index in [9.17, 15) is 4.79 Å². The van der Waals surface area contributed by atoms with E-state index in [0.717, 1.165) is 5.56 Å². The second-order valence-corrected chi connectivity index (χ2v) is 4.33. The molecule has 0 spiro atoms. The van der Waals surface area contributed by atoms with Gasteiger partial charge < -0.3 is 10.5 Å². The molecular weight excluding hydrogens is 266 g/mol. The van der Waals surface area contributed by atoms with E-state index in [1.807, 2.05) is 6.07 Å². The molecule has 2 aromatic rings. The van der Waals surface area contributed by atoms with Gasteiger partial charge in [0.25, 0.3) is 5.56 Å². The first-order valence-corrected chi connectivity index (χ1v) is 6.15. The van der Waals surface area contributed by atoms with E-state index in [0.29, 0.717) is 29.6 Å². The van der Waals surface area contributed by atoms with Crippen molar-refractivity contribution >= 4 is 11.6 Å². The molecule has 1 aromatic heterocycles. The Hall–Kier alpha value is -1.85. The van der Waals surface area contributed by atoms with Gasteiger partial charge in [-0.1, -0.05) is 11.6 Å². The van der Waals surface area contributed by atoms with Crippen LogP contribution in [-0.2, 0) is 6.54 Å². The Bertz CT molecular complexity index is 640. The largest absolute Gasteiger partial charge is 0.495 e. The summed E-state index contributed by atoms with van der Waals surface area (Å²) in [4.78, 5) is 11.6. The number of ether oxygens (including phenoxy) is 1. The predicted octanol–water partition coefficient (Wildman–Crippen LogP) is 1.53. The topological polar surface area (TPSA) is 70.1 Å². The lowest BCUT2D eigenvalue weighted by molar-refractivity contribution is 0.415. The number of hydrogen-bond donors (Lipinski definition) is 1. The summed E-state index contributed by atoms with van der Waals surface area (Å²) in [6.45, 7) is 0.746. The van der Waals surface area contributed by atoms with Gasteiger partial charge in [0.1, 0.15) is 5.75 Å². The molecule has 0 unspecified atom stereocenters. The van der Waals surface area contributed by atoms with Gasteiger partial charge in [0.2, 0.25) is 0 Å². The second kappa shape index (κ2) is 5.86. The molecule has 100 valence electrons. The fraction of sp³-hybridized carbons (Fsp3) is 0.231. The number of rotatable bonds is 4. The highest BCUT2D eigenvalue weighted by Gasteiger charge is 2.06. The third-order valence-corrected chi connectivity index (χ3v) is 2.95. The Labute approximate surface area is 115 Å². The molecule has 0 radical (unpaired) electrons. The number of nitrogens with zero attached hydrogens (tertiary/aromatic N) is 2. The number of aromatic nitrogens is 2. The SMILES string of the molecule is COc1ccc(-c2ccc(=O)n(CCN)n2)cc1Cl. The number of nitrogens with two attached hydrogens (primary N) is 1. The van der Waals surface area contributed by atoms with Gasteiger partial charge in [0.15, 0.2) is 0 Å². The number of methoxy groups -OCH3 is 1. The zero-order chi connectivity index (χ0) is 13.8. The lowest BCUT2D eigenvalue weighted by Gasteiger charge is -2.08. The van der Waals surface area contributed by atoms with Crippen molar-refractivity contribution in [2.24, 2.45) is 5.73 Å². The van der Waals surface area contributed by atoms with Crippen LogP contribution in [0.3, 0.4) is 0 Å². The molecule has 6 heteroatoms. The summed E-state index contributed by atoms with van der Waals surface area (Å²) < 4.78 is 6.43. The molecule has 2 N–H and O–H groups in total. The standard InChI is InChI=1S/C13H14ClN3O2/c1-19-12-4-2-9(8-10(12)14)11-3-5-13(18)17(16-11)7-6-15/h2-5,8H,6-7,15H2,1H3. The smallest absolute Gasteiger partial charge is 0.266 e. The zero-order valence-corrected chi connectivity index (χ0v) is 11.2. The highest BCUT2D eigenvalue weighted by Crippen LogP contribution is 2.28. The van der Waals surface area contributed by atoms with Crippen molar-refractivity contribution in [1.29, 1.82) is 0 Å². The Morgan fingerprint density at radius 3 is 2.79 bits per heavy atom. The Kier molecular flexibility index (Phi) is 4.19. The molecule has 2 rings (SSSR count). The van der Waals surface area contributed by atoms with Gasteiger partial charge in [-0.25, -0.2) is 4.68 Å². The Morgan fingerprint density at radius 1 is 1.37 bits per heavy atom. The second-order valence-electron chi connectivity index (χ2n) is 3.92. The van der Waals surface area contributed by atoms with E-state index in [2.05, 4.69) is 5.10 Å². The molecule has 0 atom stereocenters. The van der Waals surface area contributed by atoms with Crippen molar-refractivity contribution in [3.63, 3.8) is 0 Å². The maximum absolute atomic E-state index is 11.6. The minimum atomic E-state index is -0.172. The van der Waals surface area contributed by atoms with E-state index in [4.69, 9.17) is 22.1 Å². The average molecular weight is 280 g/mol. The van der Waals surface area contributed by atoms with Crippen molar-refractivity contribution < 1.29 is 4.74 Å². The molecule has 0 saturated carbocycles. The van der Waals surface area contributed by atoms with Crippen molar-refractivity contribution in [1.82, 2.24) is 9.78 Å². The number of hydrogen-bond acceptors (Lipinski definition) is 4. The summed E-state index contributed by atoms with van der Waals surface area (Å²) >= 11 is 6.07. The lowest BCUT2D eigenvalue weighted by atomic mass is 10.1. The van der Waals surface area contributed by atoms with Crippen LogP contribution in [0.5, 0.6) is 5.75 Å². The van der Waals surface area contributed by atoms with Crippen LogP contribution in [-0.4, -0.2) is 23.4 Å². The van der Waals surface area contributed by atoms with Gasteiger partial charge >= 0.3 is 0 Å². The first-order valence-electron chi connectivity index (χ1n) is 5.78. The monoisotopic (exact) mass is 279 g/mol. The first kappa shape index (κ1) is 13.6. The summed E-state index contributed by atoms with van der Waals surface area (Å²) in [6, 6.07) is 8.48. The maximum Gasteiger partial charge on any atom is 0.266 e. The Morgan fingerprint density at radius 2 is 2.16 bits per heavy atom. The fourth-order valence-electron chi connectivity index (χ4n) is 1.71. The molecule has 0 amide bonds.